The van der Waals surface area contributed by atoms with E-state index in [1.807, 2.05) is 0 Å². The number of fused-ring (bicyclic) bond motifs is 14. The molecule has 3 nitrogen and oxygen atoms in total. The maximum absolute atomic E-state index is 7.15. The predicted molar refractivity (Wildman–Crippen MR) is 201 cm³/mol. The molecule has 3 aliphatic rings. The van der Waals surface area contributed by atoms with Crippen molar-refractivity contribution in [2.45, 2.75) is 11.6 Å². The fourth-order valence-corrected chi connectivity index (χ4v) is 8.77. The van der Waals surface area contributed by atoms with Crippen LogP contribution < -0.4 is 20.6 Å². The standard InChI is InChI=1S/C47H30N2O/c1-2-14-31(15-3-1)46-48-42-21-11-9-19-37(42)43(49-46)32-22-25-36-35-18-8-10-20-38(35)47(41(36)28-32)39-26-23-29-12-4-6-16-33(29)44(39)50-45-34-17-7-5-13-30(34)24-27-40(45)47/h1-28,46,49H. The van der Waals surface area contributed by atoms with Gasteiger partial charge in [0.15, 0.2) is 0 Å². The molecule has 50 heavy (non-hydrogen) atoms. The van der Waals surface area contributed by atoms with Crippen molar-refractivity contribution < 1.29 is 4.74 Å². The van der Waals surface area contributed by atoms with Crippen molar-refractivity contribution in [3.8, 4) is 22.6 Å². The van der Waals surface area contributed by atoms with Crippen LogP contribution in [0, 0.1) is 0 Å². The fourth-order valence-electron chi connectivity index (χ4n) is 8.77. The Labute approximate surface area is 289 Å². The van der Waals surface area contributed by atoms with E-state index < -0.39 is 5.41 Å². The number of rotatable bonds is 2. The summed E-state index contributed by atoms with van der Waals surface area (Å²) in [5.41, 5.74) is 10.1. The molecule has 11 rings (SSSR count). The Balaban J connectivity index is 1.25. The number of para-hydroxylation sites is 1. The zero-order valence-corrected chi connectivity index (χ0v) is 27.1. The molecular weight excluding hydrogens is 609 g/mol. The highest BCUT2D eigenvalue weighted by Crippen LogP contribution is 2.64. The van der Waals surface area contributed by atoms with Crippen LogP contribution in [0.25, 0.3) is 38.4 Å². The Morgan fingerprint density at radius 3 is 1.88 bits per heavy atom. The molecule has 1 unspecified atom stereocenters. The lowest BCUT2D eigenvalue weighted by Gasteiger charge is -2.40. The molecule has 3 heteroatoms. The van der Waals surface area contributed by atoms with Gasteiger partial charge in [0.25, 0.3) is 0 Å². The van der Waals surface area contributed by atoms with Gasteiger partial charge in [-0.25, -0.2) is 0 Å². The lowest BCUT2D eigenvalue weighted by Crippen LogP contribution is -2.40. The molecule has 1 atom stereocenters. The van der Waals surface area contributed by atoms with Crippen LogP contribution in [0.1, 0.15) is 39.5 Å². The summed E-state index contributed by atoms with van der Waals surface area (Å²) in [5, 5.41) is 10.5. The minimum Gasteiger partial charge on any atom is -0.455 e. The van der Waals surface area contributed by atoms with E-state index in [0.717, 1.165) is 49.7 Å². The van der Waals surface area contributed by atoms with Gasteiger partial charge < -0.3 is 10.1 Å². The smallest absolute Gasteiger partial charge is 0.145 e. The van der Waals surface area contributed by atoms with E-state index in [9.17, 15) is 0 Å². The van der Waals surface area contributed by atoms with Crippen LogP contribution in [0.5, 0.6) is 11.5 Å². The molecule has 1 aliphatic carbocycles. The van der Waals surface area contributed by atoms with Crippen LogP contribution >= 0.6 is 0 Å². The normalized spacial score (nSPS) is 16.0. The number of nitrogens with one attached hydrogen (secondary N) is 1. The van der Waals surface area contributed by atoms with Crippen LogP contribution in [0.3, 0.4) is 0 Å². The van der Waals surface area contributed by atoms with E-state index in [4.69, 9.17) is 9.73 Å². The zero-order chi connectivity index (χ0) is 32.8. The fraction of sp³-hybridized carbons (Fsp3) is 0.0426. The van der Waals surface area contributed by atoms with Crippen molar-refractivity contribution in [2.24, 2.45) is 4.99 Å². The summed E-state index contributed by atoms with van der Waals surface area (Å²) in [7, 11) is 0. The van der Waals surface area contributed by atoms with E-state index in [-0.39, 0.29) is 6.17 Å². The van der Waals surface area contributed by atoms with Crippen LogP contribution in [0.15, 0.2) is 175 Å². The van der Waals surface area contributed by atoms with E-state index in [1.165, 1.54) is 44.2 Å². The van der Waals surface area contributed by atoms with Crippen LogP contribution in [-0.2, 0) is 5.41 Å². The third kappa shape index (κ3) is 3.66. The van der Waals surface area contributed by atoms with Crippen molar-refractivity contribution in [3.63, 3.8) is 0 Å². The van der Waals surface area contributed by atoms with Crippen LogP contribution in [-0.4, -0.2) is 0 Å². The molecule has 2 aliphatic heterocycles. The molecule has 0 bridgehead atoms. The summed E-state index contributed by atoms with van der Waals surface area (Å²) in [6.07, 6.45) is -0.192. The number of ether oxygens (including phenoxy) is 1. The Kier molecular flexibility index (Phi) is 5.65. The van der Waals surface area contributed by atoms with Crippen molar-refractivity contribution in [1.29, 1.82) is 0 Å². The number of hydrogen-bond donors (Lipinski definition) is 1. The molecule has 0 radical (unpaired) electrons. The van der Waals surface area contributed by atoms with Crippen molar-refractivity contribution in [1.82, 2.24) is 5.32 Å². The lowest BCUT2D eigenvalue weighted by atomic mass is 9.65. The highest BCUT2D eigenvalue weighted by molar-refractivity contribution is 6.00. The average Bonchev–Trinajstić information content (AvgIpc) is 3.47. The minimum absolute atomic E-state index is 0.192. The first-order valence-corrected chi connectivity index (χ1v) is 17.2. The Bertz CT molecular complexity index is 2750. The summed E-state index contributed by atoms with van der Waals surface area (Å²) in [6.45, 7) is 0. The summed E-state index contributed by atoms with van der Waals surface area (Å²) in [6, 6.07) is 61.3. The maximum Gasteiger partial charge on any atom is 0.145 e. The molecule has 0 aromatic heterocycles. The first kappa shape index (κ1) is 27.5. The Morgan fingerprint density at radius 2 is 1.12 bits per heavy atom. The molecular formula is C47H30N2O. The van der Waals surface area contributed by atoms with Crippen molar-refractivity contribution >= 4 is 27.2 Å². The topological polar surface area (TPSA) is 33.6 Å². The molecule has 234 valence electrons. The van der Waals surface area contributed by atoms with E-state index in [2.05, 4.69) is 175 Å². The predicted octanol–water partition coefficient (Wildman–Crippen LogP) is 9.54. The summed E-state index contributed by atoms with van der Waals surface area (Å²) in [5.74, 6) is 1.86. The molecule has 0 saturated heterocycles. The molecule has 0 amide bonds. The SMILES string of the molecule is c1ccc(C2N=c3ccccc3=C(c3ccc4c(c3)C3(c5ccccc5-4)c4ccc5ccccc5c4Oc4c3ccc3ccccc43)N2)cc1. The molecule has 0 fully saturated rings. The van der Waals surface area contributed by atoms with Gasteiger partial charge in [-0.05, 0) is 56.3 Å². The van der Waals surface area contributed by atoms with Gasteiger partial charge in [0.1, 0.15) is 17.7 Å². The second kappa shape index (κ2) is 10.3. The second-order valence-corrected chi connectivity index (χ2v) is 13.5. The van der Waals surface area contributed by atoms with Gasteiger partial charge in [-0.15, -0.1) is 0 Å². The lowest BCUT2D eigenvalue weighted by molar-refractivity contribution is 0.447. The maximum atomic E-state index is 7.15. The van der Waals surface area contributed by atoms with Gasteiger partial charge in [-0.1, -0.05) is 158 Å². The van der Waals surface area contributed by atoms with Crippen molar-refractivity contribution in [2.75, 3.05) is 0 Å². The zero-order valence-electron chi connectivity index (χ0n) is 27.1. The highest BCUT2D eigenvalue weighted by Gasteiger charge is 2.52. The quantitative estimate of drug-likeness (QED) is 0.205. The Hall–Kier alpha value is -6.45. The minimum atomic E-state index is -0.600. The van der Waals surface area contributed by atoms with Gasteiger partial charge in [0.05, 0.1) is 16.5 Å². The molecule has 1 N–H and O–H groups in total. The largest absolute Gasteiger partial charge is 0.455 e. The summed E-state index contributed by atoms with van der Waals surface area (Å²) < 4.78 is 7.15. The van der Waals surface area contributed by atoms with E-state index >= 15 is 0 Å². The van der Waals surface area contributed by atoms with Gasteiger partial charge in [-0.2, -0.15) is 0 Å². The summed E-state index contributed by atoms with van der Waals surface area (Å²) in [4.78, 5) is 5.15. The van der Waals surface area contributed by atoms with Crippen LogP contribution in [0.4, 0.5) is 0 Å². The molecule has 1 spiro atoms. The average molecular weight is 639 g/mol. The molecule has 8 aromatic carbocycles. The number of hydrogen-bond acceptors (Lipinski definition) is 3. The molecule has 8 aromatic rings. The number of nitrogens with zero attached hydrogens (tertiary/aromatic N) is 1. The third-order valence-electron chi connectivity index (χ3n) is 10.9. The first-order chi connectivity index (χ1) is 24.8. The van der Waals surface area contributed by atoms with Gasteiger partial charge in [0, 0.05) is 27.1 Å². The summed E-state index contributed by atoms with van der Waals surface area (Å²) >= 11 is 0. The molecule has 2 heterocycles. The molecule has 0 saturated carbocycles. The third-order valence-corrected chi connectivity index (χ3v) is 10.9. The Morgan fingerprint density at radius 1 is 0.500 bits per heavy atom. The van der Waals surface area contributed by atoms with Gasteiger partial charge in [0.2, 0.25) is 0 Å². The van der Waals surface area contributed by atoms with E-state index in [0.29, 0.717) is 0 Å². The van der Waals surface area contributed by atoms with E-state index in [1.54, 1.807) is 0 Å². The first-order valence-electron chi connectivity index (χ1n) is 17.2. The van der Waals surface area contributed by atoms with Crippen molar-refractivity contribution in [3.05, 3.63) is 214 Å². The number of benzene rings is 8. The van der Waals surface area contributed by atoms with Gasteiger partial charge in [-0.3, -0.25) is 4.99 Å². The highest BCUT2D eigenvalue weighted by atomic mass is 16.5. The van der Waals surface area contributed by atoms with Gasteiger partial charge >= 0.3 is 0 Å². The monoisotopic (exact) mass is 638 g/mol. The van der Waals surface area contributed by atoms with Crippen LogP contribution in [0.2, 0.25) is 0 Å². The second-order valence-electron chi connectivity index (χ2n) is 13.5.